The van der Waals surface area contributed by atoms with E-state index in [0.717, 1.165) is 17.7 Å². The third-order valence-electron chi connectivity index (χ3n) is 2.73. The van der Waals surface area contributed by atoms with E-state index in [-0.39, 0.29) is 5.69 Å². The predicted molar refractivity (Wildman–Crippen MR) is 74.9 cm³/mol. The van der Waals surface area contributed by atoms with Crippen LogP contribution in [0.15, 0.2) is 36.5 Å². The van der Waals surface area contributed by atoms with Crippen molar-refractivity contribution in [2.45, 2.75) is 13.5 Å². The molecule has 0 atom stereocenters. The molecule has 1 heterocycles. The van der Waals surface area contributed by atoms with Crippen LogP contribution in [0.4, 0.5) is 5.69 Å². The first kappa shape index (κ1) is 14.0. The van der Waals surface area contributed by atoms with Gasteiger partial charge >= 0.3 is 0 Å². The predicted octanol–water partition coefficient (Wildman–Crippen LogP) is 2.81. The second-order valence-corrected chi connectivity index (χ2v) is 4.35. The summed E-state index contributed by atoms with van der Waals surface area (Å²) in [6, 6.07) is 7.91. The number of non-ortho nitro benzene ring substituents is 1. The van der Waals surface area contributed by atoms with E-state index in [1.807, 2.05) is 20.0 Å². The van der Waals surface area contributed by atoms with E-state index in [9.17, 15) is 10.1 Å². The molecule has 0 bridgehead atoms. The van der Waals surface area contributed by atoms with E-state index in [2.05, 4.69) is 10.3 Å². The number of nitrogens with one attached hydrogen (secondary N) is 1. The van der Waals surface area contributed by atoms with E-state index in [1.165, 1.54) is 12.1 Å². The molecule has 6 nitrogen and oxygen atoms in total. The fourth-order valence-electron chi connectivity index (χ4n) is 1.78. The fraction of sp³-hybridized carbons (Fsp3) is 0.214. The van der Waals surface area contributed by atoms with Gasteiger partial charge in [-0.25, -0.2) is 4.98 Å². The SMILES string of the molecule is CNCc1cnc(Oc2ccc([N+](=O)[O-])cc2)c(C)c1. The molecule has 0 aliphatic rings. The number of aromatic nitrogens is 1. The average Bonchev–Trinajstić information content (AvgIpc) is 2.43. The fourth-order valence-corrected chi connectivity index (χ4v) is 1.78. The van der Waals surface area contributed by atoms with E-state index >= 15 is 0 Å². The van der Waals surface area contributed by atoms with Crippen LogP contribution in [-0.2, 0) is 6.54 Å². The Morgan fingerprint density at radius 1 is 1.35 bits per heavy atom. The minimum absolute atomic E-state index is 0.0337. The molecular weight excluding hydrogens is 258 g/mol. The van der Waals surface area contributed by atoms with Crippen molar-refractivity contribution in [1.82, 2.24) is 10.3 Å². The highest BCUT2D eigenvalue weighted by molar-refractivity contribution is 5.39. The Hall–Kier alpha value is -2.47. The number of ether oxygens (including phenoxy) is 1. The molecule has 1 N–H and O–H groups in total. The lowest BCUT2D eigenvalue weighted by molar-refractivity contribution is -0.384. The number of nitro benzene ring substituents is 1. The van der Waals surface area contributed by atoms with Crippen LogP contribution >= 0.6 is 0 Å². The Labute approximate surface area is 116 Å². The van der Waals surface area contributed by atoms with Gasteiger partial charge < -0.3 is 10.1 Å². The van der Waals surface area contributed by atoms with Crippen molar-refractivity contribution in [3.8, 4) is 11.6 Å². The highest BCUT2D eigenvalue weighted by Crippen LogP contribution is 2.25. The molecule has 0 saturated carbocycles. The van der Waals surface area contributed by atoms with Crippen LogP contribution in [0, 0.1) is 17.0 Å². The smallest absolute Gasteiger partial charge is 0.269 e. The Bertz CT molecular complexity index is 612. The second-order valence-electron chi connectivity index (χ2n) is 4.35. The summed E-state index contributed by atoms with van der Waals surface area (Å²) in [7, 11) is 1.87. The molecule has 2 aromatic rings. The molecule has 0 aliphatic carbocycles. The molecule has 0 spiro atoms. The van der Waals surface area contributed by atoms with Crippen molar-refractivity contribution < 1.29 is 9.66 Å². The van der Waals surface area contributed by atoms with Gasteiger partial charge in [-0.15, -0.1) is 0 Å². The summed E-state index contributed by atoms with van der Waals surface area (Å²) >= 11 is 0. The summed E-state index contributed by atoms with van der Waals surface area (Å²) in [6.45, 7) is 2.65. The van der Waals surface area contributed by atoms with Gasteiger partial charge in [-0.1, -0.05) is 0 Å². The lowest BCUT2D eigenvalue weighted by Crippen LogP contribution is -2.06. The van der Waals surface area contributed by atoms with Crippen LogP contribution in [0.5, 0.6) is 11.6 Å². The topological polar surface area (TPSA) is 77.3 Å². The van der Waals surface area contributed by atoms with Crippen LogP contribution in [0.3, 0.4) is 0 Å². The number of pyridine rings is 1. The van der Waals surface area contributed by atoms with Gasteiger partial charge in [0.1, 0.15) is 5.75 Å². The summed E-state index contributed by atoms with van der Waals surface area (Å²) in [5.74, 6) is 1.02. The zero-order valence-electron chi connectivity index (χ0n) is 11.3. The monoisotopic (exact) mass is 273 g/mol. The molecule has 104 valence electrons. The third kappa shape index (κ3) is 3.30. The molecule has 0 amide bonds. The number of nitro groups is 1. The maximum absolute atomic E-state index is 10.6. The zero-order chi connectivity index (χ0) is 14.5. The summed E-state index contributed by atoms with van der Waals surface area (Å²) in [5.41, 5.74) is 2.02. The first-order valence-electron chi connectivity index (χ1n) is 6.12. The molecule has 6 heteroatoms. The summed E-state index contributed by atoms with van der Waals surface area (Å²) in [4.78, 5) is 14.4. The number of nitrogens with zero attached hydrogens (tertiary/aromatic N) is 2. The summed E-state index contributed by atoms with van der Waals surface area (Å²) < 4.78 is 5.62. The van der Waals surface area contributed by atoms with Gasteiger partial charge in [-0.05, 0) is 37.7 Å². The van der Waals surface area contributed by atoms with Crippen molar-refractivity contribution in [3.05, 3.63) is 57.8 Å². The van der Waals surface area contributed by atoms with Gasteiger partial charge in [0.15, 0.2) is 0 Å². The van der Waals surface area contributed by atoms with E-state index in [1.54, 1.807) is 18.3 Å². The number of hydrogen-bond donors (Lipinski definition) is 1. The van der Waals surface area contributed by atoms with E-state index < -0.39 is 4.92 Å². The summed E-state index contributed by atoms with van der Waals surface area (Å²) in [5, 5.41) is 13.6. The highest BCUT2D eigenvalue weighted by Gasteiger charge is 2.07. The Kier molecular flexibility index (Phi) is 4.27. The summed E-state index contributed by atoms with van der Waals surface area (Å²) in [6.07, 6.45) is 1.74. The third-order valence-corrected chi connectivity index (χ3v) is 2.73. The van der Waals surface area contributed by atoms with Gasteiger partial charge in [0.05, 0.1) is 4.92 Å². The van der Waals surface area contributed by atoms with Gasteiger partial charge in [0.2, 0.25) is 5.88 Å². The zero-order valence-corrected chi connectivity index (χ0v) is 11.3. The lowest BCUT2D eigenvalue weighted by atomic mass is 10.2. The van der Waals surface area contributed by atoms with Gasteiger partial charge in [0, 0.05) is 30.4 Å². The minimum Gasteiger partial charge on any atom is -0.439 e. The molecule has 1 aromatic carbocycles. The lowest BCUT2D eigenvalue weighted by Gasteiger charge is -2.09. The molecule has 0 unspecified atom stereocenters. The number of aryl methyl sites for hydroxylation is 1. The van der Waals surface area contributed by atoms with Crippen molar-refractivity contribution in [1.29, 1.82) is 0 Å². The maximum atomic E-state index is 10.6. The largest absolute Gasteiger partial charge is 0.439 e. The van der Waals surface area contributed by atoms with Gasteiger partial charge in [-0.3, -0.25) is 10.1 Å². The Balaban J connectivity index is 2.15. The number of hydrogen-bond acceptors (Lipinski definition) is 5. The molecule has 0 radical (unpaired) electrons. The Morgan fingerprint density at radius 2 is 2.05 bits per heavy atom. The minimum atomic E-state index is -0.445. The van der Waals surface area contributed by atoms with Gasteiger partial charge in [0.25, 0.3) is 5.69 Å². The van der Waals surface area contributed by atoms with Crippen molar-refractivity contribution in [2.75, 3.05) is 7.05 Å². The average molecular weight is 273 g/mol. The molecule has 0 aliphatic heterocycles. The maximum Gasteiger partial charge on any atom is 0.269 e. The van der Waals surface area contributed by atoms with E-state index in [0.29, 0.717) is 11.6 Å². The van der Waals surface area contributed by atoms with Gasteiger partial charge in [-0.2, -0.15) is 0 Å². The first-order chi connectivity index (χ1) is 9.60. The van der Waals surface area contributed by atoms with Crippen LogP contribution in [0.1, 0.15) is 11.1 Å². The molecule has 0 saturated heterocycles. The highest BCUT2D eigenvalue weighted by atomic mass is 16.6. The second kappa shape index (κ2) is 6.12. The van der Waals surface area contributed by atoms with Crippen LogP contribution < -0.4 is 10.1 Å². The standard InChI is InChI=1S/C14H15N3O3/c1-10-7-11(8-15-2)9-16-14(10)20-13-5-3-12(4-6-13)17(18)19/h3-7,9,15H,8H2,1-2H3. The first-order valence-corrected chi connectivity index (χ1v) is 6.12. The van der Waals surface area contributed by atoms with E-state index in [4.69, 9.17) is 4.74 Å². The number of benzene rings is 1. The quantitative estimate of drug-likeness (QED) is 0.669. The van der Waals surface area contributed by atoms with Crippen LogP contribution in [-0.4, -0.2) is 17.0 Å². The van der Waals surface area contributed by atoms with Crippen molar-refractivity contribution in [2.24, 2.45) is 0 Å². The number of rotatable bonds is 5. The van der Waals surface area contributed by atoms with Crippen molar-refractivity contribution in [3.63, 3.8) is 0 Å². The molecule has 20 heavy (non-hydrogen) atoms. The van der Waals surface area contributed by atoms with Crippen LogP contribution in [0.2, 0.25) is 0 Å². The van der Waals surface area contributed by atoms with Crippen molar-refractivity contribution >= 4 is 5.69 Å². The Morgan fingerprint density at radius 3 is 2.60 bits per heavy atom. The van der Waals surface area contributed by atoms with Crippen LogP contribution in [0.25, 0.3) is 0 Å². The molecule has 2 rings (SSSR count). The molecule has 1 aromatic heterocycles. The molecular formula is C14H15N3O3. The normalized spacial score (nSPS) is 10.3. The molecule has 0 fully saturated rings.